The Morgan fingerprint density at radius 1 is 0.202 bits per heavy atom. The molecule has 0 saturated carbocycles. The molecule has 7 rings (SSSR count). The number of carbonyl (C=O) groups excluding carboxylic acids is 8. The molecule has 0 aliphatic heterocycles. The number of benzene rings is 7. The third kappa shape index (κ3) is 9.29. The van der Waals surface area contributed by atoms with Crippen LogP contribution in [0.15, 0.2) is 84.9 Å². The molecule has 0 spiro atoms. The zero-order valence-corrected chi connectivity index (χ0v) is 43.5. The Hall–Kier alpha value is -12.5. The van der Waals surface area contributed by atoms with Crippen molar-refractivity contribution >= 4 is 46.3 Å². The lowest BCUT2D eigenvalue weighted by Crippen LogP contribution is -2.90. The summed E-state index contributed by atoms with van der Waals surface area (Å²) in [6.07, 6.45) is 0. The SMILES string of the molecule is O=C(C(=O)[C@@](O)(C(=O)c1cc(O)c(O)c(O)c1)[C@](O)(C(=O)c1cc(O)c(O)c(O)c1)[C@@](O)(C(=O)c1cc(O)c(O)c(O)c1)[C@@](O)(C(=O)c1cc(O)c(O)c(O)c1)C(O)(C(=O)c1cc(O)c(O)c(O)c1)C(=O)c1cc(O)c(O)c(O)c1)c1cc(O)c(O)c(O)c1. The summed E-state index contributed by atoms with van der Waals surface area (Å²) in [4.78, 5) is 127. The fraction of sp³-hybridized carbons (Fsp3) is 0.0909. The van der Waals surface area contributed by atoms with Crippen molar-refractivity contribution in [1.82, 2.24) is 0 Å². The van der Waals surface area contributed by atoms with E-state index in [2.05, 4.69) is 0 Å². The molecule has 0 radical (unpaired) electrons. The molecule has 7 aromatic carbocycles. The van der Waals surface area contributed by atoms with Crippen LogP contribution in [0, 0.1) is 0 Å². The van der Waals surface area contributed by atoms with Crippen LogP contribution in [0.5, 0.6) is 121 Å². The van der Waals surface area contributed by atoms with Crippen LogP contribution in [0.3, 0.4) is 0 Å². The number of carbonyl (C=O) groups is 8. The summed E-state index contributed by atoms with van der Waals surface area (Å²) in [6, 6.07) is -3.19. The Morgan fingerprint density at radius 3 is 0.551 bits per heavy atom. The maximum absolute atomic E-state index is 16.4. The topological polar surface area (TPSA) is 663 Å². The Morgan fingerprint density at radius 2 is 0.348 bits per heavy atom. The van der Waals surface area contributed by atoms with Crippen LogP contribution in [-0.4, -0.2) is 207 Å². The summed E-state index contributed by atoms with van der Waals surface area (Å²) in [5, 5.41) is 293. The number of ketones is 8. The minimum Gasteiger partial charge on any atom is -0.504 e. The third-order valence-electron chi connectivity index (χ3n) is 13.9. The number of phenols is 21. The molecule has 4 atom stereocenters. The predicted molar refractivity (Wildman–Crippen MR) is 280 cm³/mol. The number of hydrogen-bond donors (Lipinski definition) is 26. The maximum Gasteiger partial charge on any atom is 0.246 e. The molecule has 34 heteroatoms. The molecule has 464 valence electrons. The van der Waals surface area contributed by atoms with Crippen molar-refractivity contribution in [3.63, 3.8) is 0 Å². The molecule has 0 amide bonds. The van der Waals surface area contributed by atoms with E-state index < -0.39 is 234 Å². The second-order valence-corrected chi connectivity index (χ2v) is 19.2. The van der Waals surface area contributed by atoms with Crippen molar-refractivity contribution in [2.45, 2.75) is 28.0 Å². The van der Waals surface area contributed by atoms with Gasteiger partial charge >= 0.3 is 0 Å². The second kappa shape index (κ2) is 21.5. The highest BCUT2D eigenvalue weighted by molar-refractivity contribution is 6.52. The van der Waals surface area contributed by atoms with Crippen LogP contribution in [0.25, 0.3) is 0 Å². The molecule has 0 heterocycles. The largest absolute Gasteiger partial charge is 0.504 e. The van der Waals surface area contributed by atoms with E-state index in [1.165, 1.54) is 0 Å². The minimum atomic E-state index is -6.75. The summed E-state index contributed by atoms with van der Waals surface area (Å²) in [5.74, 6) is -63.8. The van der Waals surface area contributed by atoms with Crippen molar-refractivity contribution in [3.8, 4) is 121 Å². The molecule has 7 aromatic rings. The van der Waals surface area contributed by atoms with Gasteiger partial charge in [0.15, 0.2) is 121 Å². The van der Waals surface area contributed by atoms with Crippen LogP contribution < -0.4 is 0 Å². The van der Waals surface area contributed by atoms with Crippen molar-refractivity contribution in [3.05, 3.63) is 124 Å². The molecule has 26 N–H and O–H groups in total. The lowest BCUT2D eigenvalue weighted by molar-refractivity contribution is -0.247. The second-order valence-electron chi connectivity index (χ2n) is 19.2. The summed E-state index contributed by atoms with van der Waals surface area (Å²) in [5.41, 5.74) is -46.4. The number of rotatable bonds is 19. The van der Waals surface area contributed by atoms with Gasteiger partial charge in [0, 0.05) is 38.9 Å². The highest BCUT2D eigenvalue weighted by Gasteiger charge is 2.87. The van der Waals surface area contributed by atoms with Gasteiger partial charge in [-0.05, 0) is 84.9 Å². The first kappa shape index (κ1) is 64.1. The lowest BCUT2D eigenvalue weighted by atomic mass is 9.49. The third-order valence-corrected chi connectivity index (χ3v) is 13.9. The predicted octanol–water partition coefficient (Wildman–Crippen LogP) is -0.791. The Balaban J connectivity index is 1.93. The van der Waals surface area contributed by atoms with Gasteiger partial charge < -0.3 is 133 Å². The van der Waals surface area contributed by atoms with Gasteiger partial charge in [0.2, 0.25) is 74.3 Å². The average molecular weight is 1240 g/mol. The van der Waals surface area contributed by atoms with E-state index in [4.69, 9.17) is 0 Å². The molecule has 0 saturated heterocycles. The quantitative estimate of drug-likeness (QED) is 0.0204. The van der Waals surface area contributed by atoms with Gasteiger partial charge in [-0.3, -0.25) is 38.4 Å². The van der Waals surface area contributed by atoms with Crippen LogP contribution in [0.2, 0.25) is 0 Å². The fourth-order valence-corrected chi connectivity index (χ4v) is 9.33. The van der Waals surface area contributed by atoms with Gasteiger partial charge in [-0.1, -0.05) is 0 Å². The number of aromatic hydroxyl groups is 21. The molecule has 0 aromatic heterocycles. The van der Waals surface area contributed by atoms with Crippen molar-refractivity contribution in [1.29, 1.82) is 0 Å². The monoisotopic (exact) mass is 1240 g/mol. The molecule has 0 bridgehead atoms. The van der Waals surface area contributed by atoms with Gasteiger partial charge in [-0.2, -0.15) is 0 Å². The first-order valence-corrected chi connectivity index (χ1v) is 23.8. The van der Waals surface area contributed by atoms with Crippen LogP contribution >= 0.6 is 0 Å². The minimum absolute atomic E-state index is 0.0840. The Kier molecular flexibility index (Phi) is 15.5. The van der Waals surface area contributed by atoms with Crippen molar-refractivity contribution in [2.75, 3.05) is 0 Å². The fourth-order valence-electron chi connectivity index (χ4n) is 9.33. The number of hydrogen-bond acceptors (Lipinski definition) is 34. The molecule has 0 unspecified atom stereocenters. The molecular formula is C55H40O34. The lowest BCUT2D eigenvalue weighted by Gasteiger charge is -2.56. The van der Waals surface area contributed by atoms with E-state index in [1.807, 2.05) is 0 Å². The number of aliphatic hydroxyl groups is 5. The van der Waals surface area contributed by atoms with Crippen LogP contribution in [0.4, 0.5) is 0 Å². The molecule has 0 fully saturated rings. The molecular weight excluding hydrogens is 1200 g/mol. The van der Waals surface area contributed by atoms with E-state index >= 15 is 33.6 Å². The Labute approximate surface area is 488 Å². The first-order valence-electron chi connectivity index (χ1n) is 23.8. The molecule has 34 nitrogen and oxygen atoms in total. The van der Waals surface area contributed by atoms with Gasteiger partial charge in [-0.15, -0.1) is 0 Å². The summed E-state index contributed by atoms with van der Waals surface area (Å²) in [6.45, 7) is 0. The van der Waals surface area contributed by atoms with E-state index in [0.717, 1.165) is 0 Å². The number of phenolic OH excluding ortho intramolecular Hbond substituents is 21. The summed E-state index contributed by atoms with van der Waals surface area (Å²) >= 11 is 0. The van der Waals surface area contributed by atoms with Crippen molar-refractivity contribution < 1.29 is 171 Å². The van der Waals surface area contributed by atoms with E-state index in [-0.39, 0.29) is 84.9 Å². The van der Waals surface area contributed by atoms with E-state index in [0.29, 0.717) is 0 Å². The standard InChI is InChI=1S/C55H40O34/c56-22-1-15(2-23(57)37(22)71)36(70)50(84)52(86,46(80)18-7-28(62)40(74)29(63)8-18)54(88,48(82)20-11-32(66)42(76)33(67)12-20)55(89,49(83)21-13-34(68)43(77)35(69)14-21)53(87,47(81)19-9-30(64)41(75)31(65)10-19)51(85,44(78)16-3-24(58)38(72)25(59)4-16)45(79)17-5-26(60)39(73)27(61)6-17/h1-14,56-69,71-77,85-89H/t52-,53+,54+,55+/m0/s1. The molecule has 0 aliphatic rings. The smallest absolute Gasteiger partial charge is 0.246 e. The first-order chi connectivity index (χ1) is 41.0. The Bertz CT molecular complexity index is 4090. The highest BCUT2D eigenvalue weighted by Crippen LogP contribution is 2.56. The van der Waals surface area contributed by atoms with E-state index in [9.17, 15) is 138 Å². The zero-order chi connectivity index (χ0) is 67.2. The summed E-state index contributed by atoms with van der Waals surface area (Å²) in [7, 11) is 0. The van der Waals surface area contributed by atoms with Gasteiger partial charge in [0.1, 0.15) is 0 Å². The summed E-state index contributed by atoms with van der Waals surface area (Å²) < 4.78 is 0. The van der Waals surface area contributed by atoms with Crippen molar-refractivity contribution in [2.24, 2.45) is 0 Å². The van der Waals surface area contributed by atoms with Crippen LogP contribution in [-0.2, 0) is 4.79 Å². The van der Waals surface area contributed by atoms with Crippen LogP contribution in [0.1, 0.15) is 72.5 Å². The zero-order valence-electron chi connectivity index (χ0n) is 43.5. The molecule has 0 aliphatic carbocycles. The average Bonchev–Trinajstić information content (AvgIpc) is 0.664. The molecule has 89 heavy (non-hydrogen) atoms. The highest BCUT2D eigenvalue weighted by atomic mass is 16.5. The maximum atomic E-state index is 16.4. The van der Waals surface area contributed by atoms with Gasteiger partial charge in [0.25, 0.3) is 0 Å². The normalized spacial score (nSPS) is 14.2. The van der Waals surface area contributed by atoms with Gasteiger partial charge in [0.05, 0.1) is 0 Å². The number of Topliss-reactive ketones (excluding diaryl/α,β-unsaturated/α-hetero) is 8. The van der Waals surface area contributed by atoms with E-state index in [1.54, 1.807) is 0 Å². The van der Waals surface area contributed by atoms with Gasteiger partial charge in [-0.25, -0.2) is 0 Å².